The van der Waals surface area contributed by atoms with Gasteiger partial charge >= 0.3 is 12.1 Å². The van der Waals surface area contributed by atoms with Crippen LogP contribution in [0.2, 0.25) is 0 Å². The molecular formula is C35H34F3N5O3. The molecule has 0 saturated heterocycles. The van der Waals surface area contributed by atoms with Gasteiger partial charge < -0.3 is 19.5 Å². The molecule has 4 aromatic rings. The van der Waals surface area contributed by atoms with Crippen LogP contribution in [0.5, 0.6) is 0 Å². The third-order valence-corrected chi connectivity index (χ3v) is 7.99. The molecule has 238 valence electrons. The lowest BCUT2D eigenvalue weighted by Gasteiger charge is -2.18. The van der Waals surface area contributed by atoms with Crippen molar-refractivity contribution in [2.45, 2.75) is 45.5 Å². The third-order valence-electron chi connectivity index (χ3n) is 7.99. The molecule has 1 atom stereocenters. The SMILES string of the molecule is Cc1ccc(Cn2c(-c3cccc(-c4ccc5c(c4)NC(C(=O)OCCCN(C)C)C5)n3)cc(C(F)(F)F)c(C#N)c2=O)c(C)c1. The Labute approximate surface area is 265 Å². The Bertz CT molecular complexity index is 1890. The molecule has 1 N–H and O–H groups in total. The maximum Gasteiger partial charge on any atom is 0.417 e. The second-order valence-electron chi connectivity index (χ2n) is 11.8. The number of ether oxygens (including phenoxy) is 1. The molecule has 0 aliphatic carbocycles. The van der Waals surface area contributed by atoms with E-state index in [1.54, 1.807) is 12.1 Å². The quantitative estimate of drug-likeness (QED) is 0.180. The second kappa shape index (κ2) is 13.2. The van der Waals surface area contributed by atoms with Crippen molar-refractivity contribution in [1.82, 2.24) is 14.5 Å². The van der Waals surface area contributed by atoms with Crippen molar-refractivity contribution in [3.63, 3.8) is 0 Å². The zero-order valence-corrected chi connectivity index (χ0v) is 26.0. The monoisotopic (exact) mass is 629 g/mol. The van der Waals surface area contributed by atoms with E-state index in [-0.39, 0.29) is 23.9 Å². The van der Waals surface area contributed by atoms with Crippen LogP contribution in [0, 0.1) is 25.2 Å². The molecule has 2 aromatic carbocycles. The van der Waals surface area contributed by atoms with Gasteiger partial charge in [0.15, 0.2) is 0 Å². The predicted molar refractivity (Wildman–Crippen MR) is 169 cm³/mol. The smallest absolute Gasteiger partial charge is 0.417 e. The highest BCUT2D eigenvalue weighted by Gasteiger charge is 2.37. The van der Waals surface area contributed by atoms with Crippen molar-refractivity contribution >= 4 is 11.7 Å². The number of carbonyl (C=O) groups is 1. The van der Waals surface area contributed by atoms with E-state index in [9.17, 15) is 28.0 Å². The number of aromatic nitrogens is 2. The number of benzene rings is 2. The highest BCUT2D eigenvalue weighted by molar-refractivity contribution is 5.84. The molecule has 0 bridgehead atoms. The lowest BCUT2D eigenvalue weighted by molar-refractivity contribution is -0.144. The van der Waals surface area contributed by atoms with Crippen molar-refractivity contribution in [3.05, 3.63) is 104 Å². The average Bonchev–Trinajstić information content (AvgIpc) is 3.44. The van der Waals surface area contributed by atoms with Gasteiger partial charge in [0.05, 0.1) is 35.8 Å². The van der Waals surface area contributed by atoms with Gasteiger partial charge in [-0.25, -0.2) is 9.78 Å². The van der Waals surface area contributed by atoms with E-state index < -0.39 is 28.9 Å². The van der Waals surface area contributed by atoms with Gasteiger partial charge in [-0.05, 0) is 75.3 Å². The number of halogens is 3. The second-order valence-corrected chi connectivity index (χ2v) is 11.8. The molecule has 5 rings (SSSR count). The minimum absolute atomic E-state index is 0.0472. The van der Waals surface area contributed by atoms with Gasteiger partial charge in [-0.15, -0.1) is 0 Å². The van der Waals surface area contributed by atoms with Gasteiger partial charge in [0.25, 0.3) is 5.56 Å². The molecule has 1 aliphatic heterocycles. The van der Waals surface area contributed by atoms with Crippen molar-refractivity contribution < 1.29 is 22.7 Å². The Balaban J connectivity index is 1.49. The minimum atomic E-state index is -4.93. The summed E-state index contributed by atoms with van der Waals surface area (Å²) in [6, 6.07) is 17.8. The molecule has 1 unspecified atom stereocenters. The number of pyridine rings is 2. The molecule has 0 amide bonds. The van der Waals surface area contributed by atoms with Crippen LogP contribution in [0.25, 0.3) is 22.6 Å². The Hall–Kier alpha value is -4.95. The summed E-state index contributed by atoms with van der Waals surface area (Å²) < 4.78 is 48.9. The van der Waals surface area contributed by atoms with E-state index in [1.807, 2.05) is 69.2 Å². The molecule has 11 heteroatoms. The molecule has 46 heavy (non-hydrogen) atoms. The van der Waals surface area contributed by atoms with Crippen LogP contribution in [0.4, 0.5) is 18.9 Å². The summed E-state index contributed by atoms with van der Waals surface area (Å²) in [5, 5.41) is 12.8. The zero-order valence-electron chi connectivity index (χ0n) is 26.0. The number of alkyl halides is 3. The van der Waals surface area contributed by atoms with Gasteiger partial charge in [0, 0.05) is 24.2 Å². The van der Waals surface area contributed by atoms with Crippen LogP contribution in [0.3, 0.4) is 0 Å². The molecule has 3 heterocycles. The molecule has 8 nitrogen and oxygen atoms in total. The fraction of sp³-hybridized carbons (Fsp3) is 0.314. The van der Waals surface area contributed by atoms with Crippen molar-refractivity contribution in [3.8, 4) is 28.7 Å². The lowest BCUT2D eigenvalue weighted by atomic mass is 10.0. The van der Waals surface area contributed by atoms with Crippen molar-refractivity contribution in [2.75, 3.05) is 32.6 Å². The summed E-state index contributed by atoms with van der Waals surface area (Å²) in [5.41, 5.74) is 2.15. The van der Waals surface area contributed by atoms with E-state index in [2.05, 4.69) is 10.3 Å². The van der Waals surface area contributed by atoms with E-state index in [0.717, 1.165) is 47.0 Å². The van der Waals surface area contributed by atoms with Crippen LogP contribution >= 0.6 is 0 Å². The summed E-state index contributed by atoms with van der Waals surface area (Å²) in [5.74, 6) is -0.334. The molecular weight excluding hydrogens is 595 g/mol. The lowest BCUT2D eigenvalue weighted by Crippen LogP contribution is -2.29. The van der Waals surface area contributed by atoms with Gasteiger partial charge in [-0.2, -0.15) is 18.4 Å². The first-order chi connectivity index (χ1) is 21.8. The number of rotatable bonds is 9. The first-order valence-corrected chi connectivity index (χ1v) is 14.9. The van der Waals surface area contributed by atoms with Gasteiger partial charge in [-0.1, -0.05) is 42.0 Å². The molecule has 0 saturated carbocycles. The number of nitriles is 1. The standard InChI is InChI=1S/C35H34F3N5O3/c1-21-9-10-25(22(2)15-21)20-43-32(18-27(35(36,37)38)26(19-39)33(43)44)29-8-5-7-28(40-29)23-11-12-24-17-31(41-30(24)16-23)34(45)46-14-6-13-42(3)4/h5,7-12,15-16,18,31,41H,6,13-14,17,20H2,1-4H3. The number of esters is 1. The summed E-state index contributed by atoms with van der Waals surface area (Å²) in [6.07, 6.45) is -3.73. The first kappa shape index (κ1) is 32.4. The zero-order chi connectivity index (χ0) is 33.2. The average molecular weight is 630 g/mol. The van der Waals surface area contributed by atoms with Crippen molar-refractivity contribution in [1.29, 1.82) is 5.26 Å². The number of carbonyl (C=O) groups excluding carboxylic acids is 1. The number of hydrogen-bond acceptors (Lipinski definition) is 7. The molecule has 0 radical (unpaired) electrons. The van der Waals surface area contributed by atoms with Crippen LogP contribution < -0.4 is 10.9 Å². The summed E-state index contributed by atoms with van der Waals surface area (Å²) in [7, 11) is 3.91. The fourth-order valence-electron chi connectivity index (χ4n) is 5.58. The maximum absolute atomic E-state index is 14.1. The minimum Gasteiger partial charge on any atom is -0.464 e. The van der Waals surface area contributed by atoms with E-state index in [0.29, 0.717) is 24.3 Å². The predicted octanol–water partition coefficient (Wildman–Crippen LogP) is 5.96. The third kappa shape index (κ3) is 6.97. The summed E-state index contributed by atoms with van der Waals surface area (Å²) in [4.78, 5) is 32.8. The number of aryl methyl sites for hydroxylation is 2. The van der Waals surface area contributed by atoms with Gasteiger partial charge in [0.2, 0.25) is 0 Å². The Morgan fingerprint density at radius 1 is 1.11 bits per heavy atom. The maximum atomic E-state index is 14.1. The molecule has 0 fully saturated rings. The fourth-order valence-corrected chi connectivity index (χ4v) is 5.58. The Morgan fingerprint density at radius 3 is 2.57 bits per heavy atom. The number of nitrogens with zero attached hydrogens (tertiary/aromatic N) is 4. The Morgan fingerprint density at radius 2 is 1.87 bits per heavy atom. The number of nitrogens with one attached hydrogen (secondary N) is 1. The van der Waals surface area contributed by atoms with E-state index >= 15 is 0 Å². The van der Waals surface area contributed by atoms with Crippen LogP contribution in [-0.2, 0) is 28.7 Å². The van der Waals surface area contributed by atoms with E-state index in [4.69, 9.17) is 4.74 Å². The van der Waals surface area contributed by atoms with Gasteiger partial charge in [0.1, 0.15) is 17.7 Å². The summed E-state index contributed by atoms with van der Waals surface area (Å²) >= 11 is 0. The van der Waals surface area contributed by atoms with Crippen LogP contribution in [0.1, 0.15) is 39.8 Å². The number of anilines is 1. The summed E-state index contributed by atoms with van der Waals surface area (Å²) in [6.45, 7) is 4.87. The highest BCUT2D eigenvalue weighted by atomic mass is 19.4. The first-order valence-electron chi connectivity index (χ1n) is 14.9. The normalized spacial score (nSPS) is 14.1. The van der Waals surface area contributed by atoms with E-state index in [1.165, 1.54) is 16.7 Å². The molecule has 2 aromatic heterocycles. The van der Waals surface area contributed by atoms with Crippen LogP contribution in [0.15, 0.2) is 65.5 Å². The van der Waals surface area contributed by atoms with Crippen LogP contribution in [-0.4, -0.2) is 53.7 Å². The van der Waals surface area contributed by atoms with Gasteiger partial charge in [-0.3, -0.25) is 4.79 Å². The molecule has 0 spiro atoms. The number of hydrogen-bond donors (Lipinski definition) is 1. The topological polar surface area (TPSA) is 100 Å². The Kier molecular flexibility index (Phi) is 9.30. The highest BCUT2D eigenvalue weighted by Crippen LogP contribution is 2.35. The largest absolute Gasteiger partial charge is 0.464 e. The molecule has 1 aliphatic rings. The van der Waals surface area contributed by atoms with Crippen molar-refractivity contribution in [2.24, 2.45) is 0 Å². The number of fused-ring (bicyclic) bond motifs is 1.